The number of hydrogen-bond donors (Lipinski definition) is 0. The van der Waals surface area contributed by atoms with Crippen LogP contribution in [0.4, 0.5) is 0 Å². The first-order valence-corrected chi connectivity index (χ1v) is 6.80. The third kappa shape index (κ3) is 2.41. The van der Waals surface area contributed by atoms with Gasteiger partial charge in [0.25, 0.3) is 0 Å². The summed E-state index contributed by atoms with van der Waals surface area (Å²) in [4.78, 5) is 9.09. The molecule has 0 atom stereocenters. The fourth-order valence-electron chi connectivity index (χ4n) is 2.31. The molecule has 2 aromatic carbocycles. The predicted octanol–water partition coefficient (Wildman–Crippen LogP) is 3.32. The number of ether oxygens (including phenoxy) is 3. The summed E-state index contributed by atoms with van der Waals surface area (Å²) in [6, 6.07) is 13.3. The molecule has 0 saturated carbocycles. The van der Waals surface area contributed by atoms with Crippen molar-refractivity contribution >= 4 is 10.9 Å². The fourth-order valence-corrected chi connectivity index (χ4v) is 2.31. The largest absolute Gasteiger partial charge is 0.493 e. The first-order chi connectivity index (χ1) is 10.8. The van der Waals surface area contributed by atoms with Crippen molar-refractivity contribution in [2.75, 3.05) is 21.3 Å². The van der Waals surface area contributed by atoms with Crippen molar-refractivity contribution < 1.29 is 14.2 Å². The van der Waals surface area contributed by atoms with E-state index in [1.165, 1.54) is 0 Å². The summed E-state index contributed by atoms with van der Waals surface area (Å²) in [6.07, 6.45) is 0. The van der Waals surface area contributed by atoms with Crippen molar-refractivity contribution in [1.82, 2.24) is 9.97 Å². The second-order valence-corrected chi connectivity index (χ2v) is 4.64. The van der Waals surface area contributed by atoms with Gasteiger partial charge in [-0.25, -0.2) is 4.98 Å². The first kappa shape index (κ1) is 14.1. The third-order valence-corrected chi connectivity index (χ3v) is 3.40. The van der Waals surface area contributed by atoms with E-state index >= 15 is 0 Å². The van der Waals surface area contributed by atoms with Gasteiger partial charge in [-0.15, -0.1) is 0 Å². The molecule has 112 valence electrons. The molecule has 5 nitrogen and oxygen atoms in total. The number of methoxy groups -OCH3 is 3. The molecule has 0 aliphatic heterocycles. The van der Waals surface area contributed by atoms with Crippen LogP contribution in [-0.4, -0.2) is 31.3 Å². The number of aromatic nitrogens is 2. The molecule has 1 aromatic heterocycles. The van der Waals surface area contributed by atoms with E-state index in [0.717, 1.165) is 16.5 Å². The van der Waals surface area contributed by atoms with Crippen LogP contribution in [0.1, 0.15) is 0 Å². The van der Waals surface area contributed by atoms with Gasteiger partial charge in [0.15, 0.2) is 17.3 Å². The fraction of sp³-hybridized carbons (Fsp3) is 0.176. The van der Waals surface area contributed by atoms with Gasteiger partial charge in [0.05, 0.1) is 32.2 Å². The molecular formula is C17H16N2O3. The van der Waals surface area contributed by atoms with Crippen LogP contribution in [0.15, 0.2) is 42.5 Å². The molecule has 0 spiro atoms. The summed E-state index contributed by atoms with van der Waals surface area (Å²) >= 11 is 0. The lowest BCUT2D eigenvalue weighted by atomic mass is 10.1. The van der Waals surface area contributed by atoms with E-state index in [-0.39, 0.29) is 0 Å². The minimum Gasteiger partial charge on any atom is -0.493 e. The summed E-state index contributed by atoms with van der Waals surface area (Å²) in [7, 11) is 4.81. The maximum absolute atomic E-state index is 5.38. The quantitative estimate of drug-likeness (QED) is 0.739. The van der Waals surface area contributed by atoms with E-state index in [9.17, 15) is 0 Å². The summed E-state index contributed by atoms with van der Waals surface area (Å²) in [5, 5.41) is 0.884. The van der Waals surface area contributed by atoms with E-state index < -0.39 is 0 Å². The van der Waals surface area contributed by atoms with Crippen molar-refractivity contribution in [3.05, 3.63) is 42.5 Å². The van der Waals surface area contributed by atoms with Gasteiger partial charge in [-0.1, -0.05) is 12.1 Å². The summed E-state index contributed by atoms with van der Waals surface area (Å²) in [5.74, 6) is 2.43. The highest BCUT2D eigenvalue weighted by atomic mass is 16.5. The molecule has 0 aliphatic rings. The molecule has 3 aromatic rings. The van der Waals surface area contributed by atoms with Crippen LogP contribution in [0.3, 0.4) is 0 Å². The Balaban J connectivity index is 2.17. The molecule has 0 fully saturated rings. The van der Waals surface area contributed by atoms with Crippen LogP contribution in [-0.2, 0) is 0 Å². The molecule has 0 aliphatic carbocycles. The third-order valence-electron chi connectivity index (χ3n) is 3.40. The zero-order valence-corrected chi connectivity index (χ0v) is 12.7. The van der Waals surface area contributed by atoms with Gasteiger partial charge in [0.1, 0.15) is 0 Å². The monoisotopic (exact) mass is 296 g/mol. The second kappa shape index (κ2) is 5.89. The molecule has 0 saturated heterocycles. The van der Waals surface area contributed by atoms with Crippen LogP contribution in [0, 0.1) is 0 Å². The Bertz CT molecular complexity index is 818. The minimum atomic E-state index is 0.551. The highest BCUT2D eigenvalue weighted by molar-refractivity contribution is 5.85. The zero-order chi connectivity index (χ0) is 15.5. The molecule has 1 heterocycles. The number of nitrogens with zero attached hydrogens (tertiary/aromatic N) is 2. The van der Waals surface area contributed by atoms with Gasteiger partial charge >= 0.3 is 0 Å². The van der Waals surface area contributed by atoms with Crippen molar-refractivity contribution in [2.24, 2.45) is 0 Å². The molecule has 0 radical (unpaired) electrons. The standard InChI is InChI=1S/C17H16N2O3/c1-20-14-9-8-11(10-15(14)21-2)16-18-13-7-5-4-6-12(13)17(19-16)22-3/h4-10H,1-3H3. The van der Waals surface area contributed by atoms with Gasteiger partial charge in [-0.3, -0.25) is 0 Å². The molecule has 0 amide bonds. The number of para-hydroxylation sites is 1. The number of hydrogen-bond acceptors (Lipinski definition) is 5. The Labute approximate surface area is 128 Å². The molecule has 5 heteroatoms. The second-order valence-electron chi connectivity index (χ2n) is 4.64. The van der Waals surface area contributed by atoms with Crippen molar-refractivity contribution in [3.63, 3.8) is 0 Å². The van der Waals surface area contributed by atoms with E-state index in [4.69, 9.17) is 14.2 Å². The van der Waals surface area contributed by atoms with Crippen LogP contribution in [0.25, 0.3) is 22.3 Å². The highest BCUT2D eigenvalue weighted by Crippen LogP contribution is 2.32. The Morgan fingerprint density at radius 3 is 2.27 bits per heavy atom. The average Bonchev–Trinajstić information content (AvgIpc) is 2.60. The lowest BCUT2D eigenvalue weighted by molar-refractivity contribution is 0.355. The lowest BCUT2D eigenvalue weighted by Crippen LogP contribution is -1.97. The zero-order valence-electron chi connectivity index (χ0n) is 12.7. The van der Waals surface area contributed by atoms with E-state index in [1.54, 1.807) is 21.3 Å². The van der Waals surface area contributed by atoms with Crippen molar-refractivity contribution in [2.45, 2.75) is 0 Å². The predicted molar refractivity (Wildman–Crippen MR) is 84.6 cm³/mol. The van der Waals surface area contributed by atoms with Crippen LogP contribution in [0.2, 0.25) is 0 Å². The van der Waals surface area contributed by atoms with Crippen LogP contribution >= 0.6 is 0 Å². The SMILES string of the molecule is COc1ccc(-c2nc(OC)c3ccccc3n2)cc1OC. The van der Waals surface area contributed by atoms with E-state index in [0.29, 0.717) is 23.2 Å². The normalized spacial score (nSPS) is 10.5. The van der Waals surface area contributed by atoms with Gasteiger partial charge in [0, 0.05) is 5.56 Å². The number of benzene rings is 2. The lowest BCUT2D eigenvalue weighted by Gasteiger charge is -2.10. The van der Waals surface area contributed by atoms with Crippen LogP contribution < -0.4 is 14.2 Å². The Hall–Kier alpha value is -2.82. The average molecular weight is 296 g/mol. The maximum Gasteiger partial charge on any atom is 0.224 e. The van der Waals surface area contributed by atoms with E-state index in [1.807, 2.05) is 42.5 Å². The van der Waals surface area contributed by atoms with Gasteiger partial charge in [-0.2, -0.15) is 4.98 Å². The maximum atomic E-state index is 5.38. The molecule has 0 bridgehead atoms. The number of rotatable bonds is 4. The minimum absolute atomic E-state index is 0.551. The van der Waals surface area contributed by atoms with Gasteiger partial charge < -0.3 is 14.2 Å². The Kier molecular flexibility index (Phi) is 3.78. The summed E-state index contributed by atoms with van der Waals surface area (Å²) < 4.78 is 16.0. The van der Waals surface area contributed by atoms with Crippen molar-refractivity contribution in [3.8, 4) is 28.8 Å². The molecule has 22 heavy (non-hydrogen) atoms. The first-order valence-electron chi connectivity index (χ1n) is 6.80. The topological polar surface area (TPSA) is 53.5 Å². The smallest absolute Gasteiger partial charge is 0.224 e. The molecule has 0 N–H and O–H groups in total. The van der Waals surface area contributed by atoms with Gasteiger partial charge in [0.2, 0.25) is 5.88 Å². The Morgan fingerprint density at radius 1 is 0.773 bits per heavy atom. The van der Waals surface area contributed by atoms with E-state index in [2.05, 4.69) is 9.97 Å². The highest BCUT2D eigenvalue weighted by Gasteiger charge is 2.12. The molecular weight excluding hydrogens is 280 g/mol. The molecule has 0 unspecified atom stereocenters. The van der Waals surface area contributed by atoms with Crippen molar-refractivity contribution in [1.29, 1.82) is 0 Å². The summed E-state index contributed by atoms with van der Waals surface area (Å²) in [6.45, 7) is 0. The summed E-state index contributed by atoms with van der Waals surface area (Å²) in [5.41, 5.74) is 1.67. The number of fused-ring (bicyclic) bond motifs is 1. The molecule has 3 rings (SSSR count). The van der Waals surface area contributed by atoms with Crippen LogP contribution in [0.5, 0.6) is 17.4 Å². The Morgan fingerprint density at radius 2 is 1.55 bits per heavy atom. The van der Waals surface area contributed by atoms with Gasteiger partial charge in [-0.05, 0) is 30.3 Å².